The Morgan fingerprint density at radius 3 is 2.65 bits per heavy atom. The van der Waals surface area contributed by atoms with Crippen molar-refractivity contribution in [2.75, 3.05) is 0 Å². The predicted octanol–water partition coefficient (Wildman–Crippen LogP) is 2.59. The number of carbonyl (C=O) groups is 1. The van der Waals surface area contributed by atoms with E-state index in [-0.39, 0.29) is 11.4 Å². The van der Waals surface area contributed by atoms with Crippen LogP contribution >= 0.6 is 0 Å². The number of carboxylic acid groups (broad SMARTS) is 1. The first-order valence-electron chi connectivity index (χ1n) is 7.62. The lowest BCUT2D eigenvalue weighted by atomic mass is 10.1. The highest BCUT2D eigenvalue weighted by atomic mass is 16.5. The van der Waals surface area contributed by atoms with Gasteiger partial charge in [-0.1, -0.05) is 30.3 Å². The van der Waals surface area contributed by atoms with Crippen molar-refractivity contribution in [3.8, 4) is 23.2 Å². The summed E-state index contributed by atoms with van der Waals surface area (Å²) in [5.41, 5.74) is 0.518. The number of nitrogens with one attached hydrogen (secondary N) is 1. The second-order valence-electron chi connectivity index (χ2n) is 5.38. The number of benzene rings is 2. The first kappa shape index (κ1) is 16.9. The van der Waals surface area contributed by atoms with E-state index in [0.29, 0.717) is 17.9 Å². The van der Waals surface area contributed by atoms with Gasteiger partial charge in [-0.25, -0.2) is 9.78 Å². The van der Waals surface area contributed by atoms with Crippen molar-refractivity contribution >= 4 is 5.97 Å². The van der Waals surface area contributed by atoms with E-state index < -0.39 is 17.1 Å². The van der Waals surface area contributed by atoms with Gasteiger partial charge in [-0.15, -0.1) is 0 Å². The molecule has 7 nitrogen and oxygen atoms in total. The van der Waals surface area contributed by atoms with Crippen LogP contribution in [0, 0.1) is 11.3 Å². The van der Waals surface area contributed by atoms with Crippen LogP contribution in [-0.4, -0.2) is 21.0 Å². The Morgan fingerprint density at radius 2 is 2.00 bits per heavy atom. The van der Waals surface area contributed by atoms with E-state index in [0.717, 1.165) is 11.8 Å². The molecule has 0 aliphatic heterocycles. The fourth-order valence-electron chi connectivity index (χ4n) is 2.32. The Morgan fingerprint density at radius 1 is 1.23 bits per heavy atom. The molecule has 0 aliphatic carbocycles. The molecule has 26 heavy (non-hydrogen) atoms. The van der Waals surface area contributed by atoms with Crippen molar-refractivity contribution in [2.24, 2.45) is 0 Å². The summed E-state index contributed by atoms with van der Waals surface area (Å²) in [5, 5.41) is 18.2. The zero-order valence-electron chi connectivity index (χ0n) is 13.5. The van der Waals surface area contributed by atoms with Gasteiger partial charge in [-0.05, 0) is 23.8 Å². The first-order chi connectivity index (χ1) is 12.6. The molecule has 0 atom stereocenters. The molecule has 0 spiro atoms. The Balaban J connectivity index is 1.87. The SMILES string of the molecule is N#Cc1cc(-c2ncc(C(=O)O)c(=O)[nH]2)ccc1OCc1ccccc1. The van der Waals surface area contributed by atoms with Crippen LogP contribution in [0.15, 0.2) is 59.5 Å². The quantitative estimate of drug-likeness (QED) is 0.733. The Hall–Kier alpha value is -3.92. The standard InChI is InChI=1S/C19H13N3O4/c20-9-14-8-13(17-21-10-15(19(24)25)18(23)22-17)6-7-16(14)26-11-12-4-2-1-3-5-12/h1-8,10H,11H2,(H,24,25)(H,21,22,23). The van der Waals surface area contributed by atoms with Crippen molar-refractivity contribution < 1.29 is 14.6 Å². The van der Waals surface area contributed by atoms with Crippen LogP contribution in [0.3, 0.4) is 0 Å². The lowest BCUT2D eigenvalue weighted by Gasteiger charge is -2.09. The molecule has 0 saturated carbocycles. The third-order valence-corrected chi connectivity index (χ3v) is 3.64. The molecule has 1 aromatic heterocycles. The van der Waals surface area contributed by atoms with E-state index in [1.54, 1.807) is 12.1 Å². The number of hydrogen-bond donors (Lipinski definition) is 2. The Kier molecular flexibility index (Phi) is 4.76. The highest BCUT2D eigenvalue weighted by Gasteiger charge is 2.12. The van der Waals surface area contributed by atoms with Crippen LogP contribution in [0.2, 0.25) is 0 Å². The minimum Gasteiger partial charge on any atom is -0.488 e. The minimum atomic E-state index is -1.35. The molecule has 0 bridgehead atoms. The third kappa shape index (κ3) is 3.60. The van der Waals surface area contributed by atoms with E-state index in [1.807, 2.05) is 36.4 Å². The number of aromatic amines is 1. The molecule has 0 amide bonds. The van der Waals surface area contributed by atoms with Gasteiger partial charge in [0.15, 0.2) is 0 Å². The van der Waals surface area contributed by atoms with E-state index in [4.69, 9.17) is 9.84 Å². The van der Waals surface area contributed by atoms with Crippen LogP contribution in [-0.2, 0) is 6.61 Å². The lowest BCUT2D eigenvalue weighted by molar-refractivity contribution is 0.0694. The van der Waals surface area contributed by atoms with E-state index in [1.165, 1.54) is 6.07 Å². The summed E-state index contributed by atoms with van der Waals surface area (Å²) in [6.45, 7) is 0.317. The summed E-state index contributed by atoms with van der Waals surface area (Å²) in [5.74, 6) is -0.775. The molecule has 3 aromatic rings. The molecule has 0 saturated heterocycles. The molecule has 0 fully saturated rings. The van der Waals surface area contributed by atoms with E-state index >= 15 is 0 Å². The monoisotopic (exact) mass is 347 g/mol. The zero-order valence-corrected chi connectivity index (χ0v) is 13.5. The maximum atomic E-state index is 11.8. The molecule has 7 heteroatoms. The summed E-state index contributed by atoms with van der Waals surface area (Å²) >= 11 is 0. The van der Waals surface area contributed by atoms with Gasteiger partial charge >= 0.3 is 5.97 Å². The number of ether oxygens (including phenoxy) is 1. The molecule has 0 aliphatic rings. The summed E-state index contributed by atoms with van der Waals surface area (Å²) in [6.07, 6.45) is 0.988. The van der Waals surface area contributed by atoms with Crippen molar-refractivity contribution in [3.63, 3.8) is 0 Å². The van der Waals surface area contributed by atoms with Gasteiger partial charge in [-0.2, -0.15) is 5.26 Å². The highest BCUT2D eigenvalue weighted by Crippen LogP contribution is 2.24. The predicted molar refractivity (Wildman–Crippen MR) is 92.7 cm³/mol. The number of hydrogen-bond acceptors (Lipinski definition) is 5. The fraction of sp³-hybridized carbons (Fsp3) is 0.0526. The van der Waals surface area contributed by atoms with Crippen LogP contribution in [0.4, 0.5) is 0 Å². The summed E-state index contributed by atoms with van der Waals surface area (Å²) in [4.78, 5) is 29.0. The molecule has 2 aromatic carbocycles. The molecule has 1 heterocycles. The van der Waals surface area contributed by atoms with Gasteiger partial charge in [-0.3, -0.25) is 4.79 Å². The maximum Gasteiger partial charge on any atom is 0.342 e. The van der Waals surface area contributed by atoms with Gasteiger partial charge in [0.1, 0.15) is 29.8 Å². The molecule has 0 unspecified atom stereocenters. The van der Waals surface area contributed by atoms with Gasteiger partial charge in [0.05, 0.1) is 5.56 Å². The maximum absolute atomic E-state index is 11.8. The van der Waals surface area contributed by atoms with E-state index in [2.05, 4.69) is 9.97 Å². The molecule has 2 N–H and O–H groups in total. The average Bonchev–Trinajstić information content (AvgIpc) is 2.66. The summed E-state index contributed by atoms with van der Waals surface area (Å²) in [7, 11) is 0. The first-order valence-corrected chi connectivity index (χ1v) is 7.62. The van der Waals surface area contributed by atoms with Gasteiger partial charge in [0.2, 0.25) is 0 Å². The third-order valence-electron chi connectivity index (χ3n) is 3.64. The Bertz CT molecular complexity index is 1050. The minimum absolute atomic E-state index is 0.172. The van der Waals surface area contributed by atoms with Crippen LogP contribution in [0.25, 0.3) is 11.4 Å². The van der Waals surface area contributed by atoms with Crippen LogP contribution in [0.5, 0.6) is 5.75 Å². The largest absolute Gasteiger partial charge is 0.488 e. The smallest absolute Gasteiger partial charge is 0.342 e. The Labute approximate surface area is 148 Å². The van der Waals surface area contributed by atoms with Crippen LogP contribution < -0.4 is 10.3 Å². The lowest BCUT2D eigenvalue weighted by Crippen LogP contribution is -2.18. The highest BCUT2D eigenvalue weighted by molar-refractivity contribution is 5.86. The van der Waals surface area contributed by atoms with Gasteiger partial charge < -0.3 is 14.8 Å². The van der Waals surface area contributed by atoms with E-state index in [9.17, 15) is 14.9 Å². The number of aromatic nitrogens is 2. The summed E-state index contributed by atoms with van der Waals surface area (Å²) < 4.78 is 5.69. The average molecular weight is 347 g/mol. The molecular formula is C19H13N3O4. The van der Waals surface area contributed by atoms with Crippen molar-refractivity contribution in [2.45, 2.75) is 6.61 Å². The second kappa shape index (κ2) is 7.32. The van der Waals surface area contributed by atoms with Crippen LogP contribution in [0.1, 0.15) is 21.5 Å². The number of carboxylic acids is 1. The van der Waals surface area contributed by atoms with Crippen molar-refractivity contribution in [1.82, 2.24) is 9.97 Å². The molecule has 3 rings (SSSR count). The normalized spacial score (nSPS) is 10.1. The second-order valence-corrected chi connectivity index (χ2v) is 5.38. The molecular weight excluding hydrogens is 334 g/mol. The molecule has 128 valence electrons. The number of rotatable bonds is 5. The van der Waals surface area contributed by atoms with Crippen molar-refractivity contribution in [3.05, 3.63) is 81.8 Å². The number of nitrogens with zero attached hydrogens (tertiary/aromatic N) is 2. The topological polar surface area (TPSA) is 116 Å². The number of nitriles is 1. The number of H-pyrrole nitrogens is 1. The van der Waals surface area contributed by atoms with Gasteiger partial charge in [0, 0.05) is 11.8 Å². The zero-order chi connectivity index (χ0) is 18.5. The van der Waals surface area contributed by atoms with Crippen molar-refractivity contribution in [1.29, 1.82) is 5.26 Å². The molecule has 0 radical (unpaired) electrons. The van der Waals surface area contributed by atoms with Gasteiger partial charge in [0.25, 0.3) is 5.56 Å². The number of aromatic carboxylic acids is 1. The summed E-state index contributed by atoms with van der Waals surface area (Å²) in [6, 6.07) is 16.4. The fourth-order valence-corrected chi connectivity index (χ4v) is 2.32.